The Morgan fingerprint density at radius 2 is 2.04 bits per heavy atom. The number of carbonyl (C=O) groups excluding carboxylic acids is 1. The summed E-state index contributed by atoms with van der Waals surface area (Å²) in [5.74, 6) is 3.34. The average molecular weight is 366 g/mol. The maximum atomic E-state index is 12.4. The quantitative estimate of drug-likeness (QED) is 0.568. The van der Waals surface area contributed by atoms with Crippen molar-refractivity contribution in [2.45, 2.75) is 25.8 Å². The first-order valence-electron chi connectivity index (χ1n) is 9.29. The molecule has 0 bridgehead atoms. The number of aromatic nitrogens is 5. The molecule has 0 spiro atoms. The van der Waals surface area contributed by atoms with Crippen molar-refractivity contribution in [1.82, 2.24) is 30.0 Å². The molecule has 3 aromatic heterocycles. The van der Waals surface area contributed by atoms with Crippen molar-refractivity contribution >= 4 is 28.7 Å². The molecule has 1 aliphatic carbocycles. The SMILES string of the molecule is Cc1nc(NC2C[C@@H]3CN(C(=O)Nc4ccn[nH]4)C[C@@H]3C2)c2cc[nH]c2n1. The third-order valence-electron chi connectivity index (χ3n) is 5.65. The Bertz CT molecular complexity index is 951. The maximum absolute atomic E-state index is 12.4. The van der Waals surface area contributed by atoms with Gasteiger partial charge >= 0.3 is 6.03 Å². The summed E-state index contributed by atoms with van der Waals surface area (Å²) in [5, 5.41) is 14.1. The van der Waals surface area contributed by atoms with Crippen molar-refractivity contribution in [2.75, 3.05) is 23.7 Å². The summed E-state index contributed by atoms with van der Waals surface area (Å²) in [4.78, 5) is 26.5. The molecule has 0 aromatic carbocycles. The van der Waals surface area contributed by atoms with Crippen molar-refractivity contribution in [3.63, 3.8) is 0 Å². The first-order chi connectivity index (χ1) is 13.2. The molecule has 0 radical (unpaired) electrons. The Kier molecular flexibility index (Phi) is 3.73. The van der Waals surface area contributed by atoms with Gasteiger partial charge in [-0.15, -0.1) is 0 Å². The number of fused-ring (bicyclic) bond motifs is 2. The minimum atomic E-state index is -0.0568. The van der Waals surface area contributed by atoms with Crippen LogP contribution in [0.4, 0.5) is 16.4 Å². The number of H-pyrrole nitrogens is 2. The number of nitrogens with one attached hydrogen (secondary N) is 4. The molecule has 4 heterocycles. The number of anilines is 2. The van der Waals surface area contributed by atoms with Gasteiger partial charge in [0, 0.05) is 31.4 Å². The molecule has 1 saturated heterocycles. The van der Waals surface area contributed by atoms with Gasteiger partial charge in [0.05, 0.1) is 11.6 Å². The van der Waals surface area contributed by atoms with Crippen LogP contribution >= 0.6 is 0 Å². The van der Waals surface area contributed by atoms with E-state index >= 15 is 0 Å². The molecule has 2 aliphatic rings. The van der Waals surface area contributed by atoms with E-state index in [4.69, 9.17) is 0 Å². The van der Waals surface area contributed by atoms with Crippen LogP contribution in [0.25, 0.3) is 11.0 Å². The van der Waals surface area contributed by atoms with E-state index in [-0.39, 0.29) is 6.03 Å². The maximum Gasteiger partial charge on any atom is 0.323 e. The summed E-state index contributed by atoms with van der Waals surface area (Å²) < 4.78 is 0. The second-order valence-electron chi connectivity index (χ2n) is 7.50. The predicted molar refractivity (Wildman–Crippen MR) is 101 cm³/mol. The number of likely N-dealkylation sites (tertiary alicyclic amines) is 1. The first-order valence-corrected chi connectivity index (χ1v) is 9.29. The molecular weight excluding hydrogens is 344 g/mol. The number of nitrogens with zero attached hydrogens (tertiary/aromatic N) is 4. The van der Waals surface area contributed by atoms with E-state index in [9.17, 15) is 4.79 Å². The fraction of sp³-hybridized carbons (Fsp3) is 0.444. The number of rotatable bonds is 3. The molecule has 27 heavy (non-hydrogen) atoms. The monoisotopic (exact) mass is 366 g/mol. The first kappa shape index (κ1) is 16.1. The van der Waals surface area contributed by atoms with Gasteiger partial charge in [-0.1, -0.05) is 0 Å². The number of carbonyl (C=O) groups is 1. The molecule has 1 unspecified atom stereocenters. The third-order valence-corrected chi connectivity index (χ3v) is 5.65. The molecule has 3 aromatic rings. The van der Waals surface area contributed by atoms with Gasteiger partial charge in [-0.2, -0.15) is 5.10 Å². The van der Waals surface area contributed by atoms with Crippen molar-refractivity contribution in [3.8, 4) is 0 Å². The van der Waals surface area contributed by atoms with Gasteiger partial charge in [-0.05, 0) is 37.7 Å². The van der Waals surface area contributed by atoms with Gasteiger partial charge in [-0.25, -0.2) is 14.8 Å². The van der Waals surface area contributed by atoms with E-state index in [1.807, 2.05) is 24.1 Å². The lowest BCUT2D eigenvalue weighted by Gasteiger charge is -2.20. The lowest BCUT2D eigenvalue weighted by molar-refractivity contribution is 0.218. The van der Waals surface area contributed by atoms with Crippen LogP contribution in [0.3, 0.4) is 0 Å². The normalized spacial score (nSPS) is 24.3. The highest BCUT2D eigenvalue weighted by atomic mass is 16.2. The third kappa shape index (κ3) is 2.98. The van der Waals surface area contributed by atoms with E-state index in [2.05, 4.69) is 35.8 Å². The van der Waals surface area contributed by atoms with Gasteiger partial charge in [0.1, 0.15) is 23.1 Å². The Hall–Kier alpha value is -3.10. The van der Waals surface area contributed by atoms with Crippen LogP contribution in [-0.4, -0.2) is 55.2 Å². The number of hydrogen-bond acceptors (Lipinski definition) is 5. The van der Waals surface area contributed by atoms with Crippen LogP contribution in [0.2, 0.25) is 0 Å². The fourth-order valence-corrected chi connectivity index (χ4v) is 4.46. The van der Waals surface area contributed by atoms with Gasteiger partial charge in [0.25, 0.3) is 0 Å². The number of aromatic amines is 2. The fourth-order valence-electron chi connectivity index (χ4n) is 4.46. The Balaban J connectivity index is 1.22. The summed E-state index contributed by atoms with van der Waals surface area (Å²) >= 11 is 0. The molecule has 2 amide bonds. The number of urea groups is 1. The van der Waals surface area contributed by atoms with Crippen molar-refractivity contribution < 1.29 is 4.79 Å². The summed E-state index contributed by atoms with van der Waals surface area (Å²) in [7, 11) is 0. The standard InChI is InChI=1S/C18H22N8O/c1-10-21-16-14(2-4-19-16)17(22-10)23-13-6-11-8-26(9-12(11)7-13)18(27)24-15-3-5-20-25-15/h2-5,11-13H,6-9H2,1H3,(H2,19,21,22,23)(H2,20,24,25,27)/t11-,12+,13?. The largest absolute Gasteiger partial charge is 0.367 e. The highest BCUT2D eigenvalue weighted by Crippen LogP contribution is 2.39. The van der Waals surface area contributed by atoms with Crippen molar-refractivity contribution in [1.29, 1.82) is 0 Å². The molecule has 9 heteroatoms. The van der Waals surface area contributed by atoms with Crippen LogP contribution in [-0.2, 0) is 0 Å². The van der Waals surface area contributed by atoms with E-state index in [0.717, 1.165) is 48.6 Å². The second kappa shape index (κ2) is 6.26. The molecule has 2 fully saturated rings. The minimum absolute atomic E-state index is 0.0568. The van der Waals surface area contributed by atoms with Crippen molar-refractivity contribution in [3.05, 3.63) is 30.4 Å². The summed E-state index contributed by atoms with van der Waals surface area (Å²) in [6.07, 6.45) is 5.62. The number of hydrogen-bond donors (Lipinski definition) is 4. The molecule has 1 aliphatic heterocycles. The molecule has 4 N–H and O–H groups in total. The molecule has 140 valence electrons. The zero-order valence-electron chi connectivity index (χ0n) is 15.1. The lowest BCUT2D eigenvalue weighted by Crippen LogP contribution is -2.34. The second-order valence-corrected chi connectivity index (χ2v) is 7.50. The van der Waals surface area contributed by atoms with Gasteiger partial charge in [0.15, 0.2) is 0 Å². The zero-order valence-corrected chi connectivity index (χ0v) is 15.1. The average Bonchev–Trinajstić information content (AvgIpc) is 3.37. The van der Waals surface area contributed by atoms with E-state index in [1.165, 1.54) is 0 Å². The number of amides is 2. The van der Waals surface area contributed by atoms with E-state index in [1.54, 1.807) is 12.3 Å². The zero-order chi connectivity index (χ0) is 18.4. The highest BCUT2D eigenvalue weighted by Gasteiger charge is 2.42. The van der Waals surface area contributed by atoms with Crippen LogP contribution in [0, 0.1) is 18.8 Å². The van der Waals surface area contributed by atoms with Crippen molar-refractivity contribution in [2.24, 2.45) is 11.8 Å². The smallest absolute Gasteiger partial charge is 0.323 e. The van der Waals surface area contributed by atoms with Crippen LogP contribution in [0.15, 0.2) is 24.5 Å². The molecule has 3 atom stereocenters. The number of aryl methyl sites for hydroxylation is 1. The van der Waals surface area contributed by atoms with Gasteiger partial charge in [0.2, 0.25) is 0 Å². The summed E-state index contributed by atoms with van der Waals surface area (Å²) in [5.41, 5.74) is 0.866. The highest BCUT2D eigenvalue weighted by molar-refractivity contribution is 5.88. The summed E-state index contributed by atoms with van der Waals surface area (Å²) in [6, 6.07) is 4.08. The Labute approximate surface area is 156 Å². The lowest BCUT2D eigenvalue weighted by atomic mass is 10.0. The molecule has 5 rings (SSSR count). The van der Waals surface area contributed by atoms with Gasteiger partial charge in [-0.3, -0.25) is 10.4 Å². The van der Waals surface area contributed by atoms with E-state index in [0.29, 0.717) is 23.7 Å². The minimum Gasteiger partial charge on any atom is -0.367 e. The van der Waals surface area contributed by atoms with Crippen LogP contribution < -0.4 is 10.6 Å². The Morgan fingerprint density at radius 3 is 2.78 bits per heavy atom. The van der Waals surface area contributed by atoms with Crippen LogP contribution in [0.5, 0.6) is 0 Å². The van der Waals surface area contributed by atoms with Crippen LogP contribution in [0.1, 0.15) is 18.7 Å². The molecule has 9 nitrogen and oxygen atoms in total. The predicted octanol–water partition coefficient (Wildman–Crippen LogP) is 2.34. The topological polar surface area (TPSA) is 115 Å². The summed E-state index contributed by atoms with van der Waals surface area (Å²) in [6.45, 7) is 3.50. The van der Waals surface area contributed by atoms with E-state index < -0.39 is 0 Å². The Morgan fingerprint density at radius 1 is 1.22 bits per heavy atom. The molecular formula is C18H22N8O. The molecule has 1 saturated carbocycles. The van der Waals surface area contributed by atoms with Gasteiger partial charge < -0.3 is 15.2 Å².